The zero-order chi connectivity index (χ0) is 26.2. The maximum atomic E-state index is 13.9. The second kappa shape index (κ2) is 9.87. The number of aromatic nitrogens is 6. The van der Waals surface area contributed by atoms with Gasteiger partial charge in [0.25, 0.3) is 11.9 Å². The molecule has 0 unspecified atom stereocenters. The maximum Gasteiger partial charge on any atom is 0.270 e. The first-order chi connectivity index (χ1) is 17.7. The van der Waals surface area contributed by atoms with Gasteiger partial charge in [0.2, 0.25) is 5.95 Å². The minimum absolute atomic E-state index is 0.101. The third-order valence-corrected chi connectivity index (χ3v) is 7.29. The van der Waals surface area contributed by atoms with Crippen LogP contribution >= 0.6 is 0 Å². The highest BCUT2D eigenvalue weighted by atomic mass is 19.2. The van der Waals surface area contributed by atoms with Gasteiger partial charge in [-0.05, 0) is 59.9 Å². The van der Waals surface area contributed by atoms with Crippen LogP contribution in [-0.2, 0) is 6.54 Å². The van der Waals surface area contributed by atoms with E-state index in [9.17, 15) is 13.6 Å². The summed E-state index contributed by atoms with van der Waals surface area (Å²) >= 11 is 0. The van der Waals surface area contributed by atoms with Crippen molar-refractivity contribution in [3.05, 3.63) is 59.2 Å². The Labute approximate surface area is 213 Å². The first-order valence-electron chi connectivity index (χ1n) is 12.4. The predicted octanol–water partition coefficient (Wildman–Crippen LogP) is 5.22. The molecule has 1 aliphatic carbocycles. The molecule has 0 aliphatic heterocycles. The molecule has 11 heteroatoms. The molecule has 9 nitrogen and oxygen atoms in total. The molecule has 4 aromatic rings. The van der Waals surface area contributed by atoms with Gasteiger partial charge in [0.1, 0.15) is 0 Å². The summed E-state index contributed by atoms with van der Waals surface area (Å²) in [6.07, 6.45) is 4.19. The Morgan fingerprint density at radius 1 is 1.08 bits per heavy atom. The van der Waals surface area contributed by atoms with Gasteiger partial charge in [-0.25, -0.2) is 13.8 Å². The summed E-state index contributed by atoms with van der Waals surface area (Å²) in [5, 5.41) is 15.7. The van der Waals surface area contributed by atoms with Gasteiger partial charge in [-0.15, -0.1) is 5.10 Å². The van der Waals surface area contributed by atoms with Crippen LogP contribution in [0.1, 0.15) is 62.4 Å². The van der Waals surface area contributed by atoms with Crippen LogP contribution in [0.4, 0.5) is 20.7 Å². The molecular weight excluding hydrogens is 478 g/mol. The van der Waals surface area contributed by atoms with E-state index in [1.165, 1.54) is 0 Å². The summed E-state index contributed by atoms with van der Waals surface area (Å²) in [5.74, 6) is -0.845. The Morgan fingerprint density at radius 3 is 2.43 bits per heavy atom. The third-order valence-electron chi connectivity index (χ3n) is 7.29. The molecular formula is C26H30F2N8O. The number of nitrogens with zero attached hydrogens (tertiary/aromatic N) is 5. The fourth-order valence-corrected chi connectivity index (χ4v) is 5.10. The molecule has 0 radical (unpaired) electrons. The highest BCUT2D eigenvalue weighted by Gasteiger charge is 2.33. The number of tetrazole rings is 1. The summed E-state index contributed by atoms with van der Waals surface area (Å²) in [6, 6.07) is 9.74. The lowest BCUT2D eigenvalue weighted by Crippen LogP contribution is -2.40. The molecule has 1 fully saturated rings. The predicted molar refractivity (Wildman–Crippen MR) is 136 cm³/mol. The third kappa shape index (κ3) is 5.45. The molecule has 2 aromatic carbocycles. The zero-order valence-corrected chi connectivity index (χ0v) is 21.1. The lowest BCUT2D eigenvalue weighted by molar-refractivity contribution is 0.102. The van der Waals surface area contributed by atoms with Crippen LogP contribution in [0.25, 0.3) is 11.0 Å². The van der Waals surface area contributed by atoms with E-state index in [1.54, 1.807) is 12.1 Å². The van der Waals surface area contributed by atoms with E-state index >= 15 is 0 Å². The number of hydrogen-bond donors (Lipinski definition) is 3. The Kier molecular flexibility index (Phi) is 6.61. The van der Waals surface area contributed by atoms with Crippen molar-refractivity contribution in [3.8, 4) is 0 Å². The van der Waals surface area contributed by atoms with Crippen LogP contribution in [0.15, 0.2) is 36.4 Å². The molecule has 194 valence electrons. The molecule has 0 saturated heterocycles. The average Bonchev–Trinajstić information content (AvgIpc) is 3.52. The van der Waals surface area contributed by atoms with Crippen molar-refractivity contribution in [2.24, 2.45) is 11.3 Å². The van der Waals surface area contributed by atoms with E-state index in [4.69, 9.17) is 0 Å². The van der Waals surface area contributed by atoms with Crippen LogP contribution < -0.4 is 10.2 Å². The highest BCUT2D eigenvalue weighted by Crippen LogP contribution is 2.40. The number of hydrogen-bond acceptors (Lipinski definition) is 6. The van der Waals surface area contributed by atoms with Gasteiger partial charge in [0, 0.05) is 30.3 Å². The van der Waals surface area contributed by atoms with E-state index in [-0.39, 0.29) is 23.3 Å². The number of benzene rings is 2. The van der Waals surface area contributed by atoms with Gasteiger partial charge in [-0.1, -0.05) is 38.0 Å². The number of nitrogens with one attached hydrogen (secondary N) is 3. The van der Waals surface area contributed by atoms with Crippen molar-refractivity contribution < 1.29 is 13.6 Å². The Balaban J connectivity index is 1.39. The lowest BCUT2D eigenvalue weighted by Gasteiger charge is -2.41. The number of anilines is 2. The second-order valence-electron chi connectivity index (χ2n) is 10.7. The Morgan fingerprint density at radius 2 is 1.78 bits per heavy atom. The van der Waals surface area contributed by atoms with Crippen molar-refractivity contribution in [2.45, 2.75) is 59.0 Å². The SMILES string of the molecule is CC(C)(C)C1CCC(N(Cc2ccc(C(=O)Nc3nn[nH]n3)cc2)c2nc3cc(F)c(F)cc3[nH]2)CC1. The molecule has 1 aliphatic rings. The van der Waals surface area contributed by atoms with Crippen molar-refractivity contribution in [3.63, 3.8) is 0 Å². The molecule has 2 heterocycles. The quantitative estimate of drug-likeness (QED) is 0.329. The summed E-state index contributed by atoms with van der Waals surface area (Å²) in [6.45, 7) is 7.39. The largest absolute Gasteiger partial charge is 0.335 e. The molecule has 0 atom stereocenters. The second-order valence-corrected chi connectivity index (χ2v) is 10.7. The van der Waals surface area contributed by atoms with Crippen molar-refractivity contribution >= 4 is 28.8 Å². The van der Waals surface area contributed by atoms with Crippen LogP contribution in [0.3, 0.4) is 0 Å². The fraction of sp³-hybridized carbons (Fsp3) is 0.423. The number of carbonyl (C=O) groups excluding carboxylic acids is 1. The van der Waals surface area contributed by atoms with Crippen LogP contribution in [-0.4, -0.2) is 42.5 Å². The summed E-state index contributed by atoms with van der Waals surface area (Å²) in [5.41, 5.74) is 2.53. The van der Waals surface area contributed by atoms with E-state index in [0.29, 0.717) is 35.0 Å². The summed E-state index contributed by atoms with van der Waals surface area (Å²) in [4.78, 5) is 22.5. The van der Waals surface area contributed by atoms with Crippen molar-refractivity contribution in [2.75, 3.05) is 10.2 Å². The summed E-state index contributed by atoms with van der Waals surface area (Å²) in [7, 11) is 0. The number of rotatable bonds is 6. The van der Waals surface area contributed by atoms with E-state index in [0.717, 1.165) is 43.4 Å². The van der Waals surface area contributed by atoms with Gasteiger partial charge in [-0.3, -0.25) is 10.1 Å². The van der Waals surface area contributed by atoms with Crippen molar-refractivity contribution in [1.29, 1.82) is 0 Å². The number of halogens is 2. The van der Waals surface area contributed by atoms with E-state index in [2.05, 4.69) is 61.6 Å². The van der Waals surface area contributed by atoms with E-state index < -0.39 is 11.6 Å². The topological polar surface area (TPSA) is 115 Å². The number of imidazole rings is 1. The van der Waals surface area contributed by atoms with Gasteiger partial charge in [0.15, 0.2) is 11.6 Å². The molecule has 37 heavy (non-hydrogen) atoms. The number of carbonyl (C=O) groups is 1. The van der Waals surface area contributed by atoms with Crippen LogP contribution in [0.2, 0.25) is 0 Å². The molecule has 1 saturated carbocycles. The highest BCUT2D eigenvalue weighted by molar-refractivity contribution is 6.03. The minimum atomic E-state index is -0.919. The molecule has 3 N–H and O–H groups in total. The Bertz CT molecular complexity index is 1330. The lowest BCUT2D eigenvalue weighted by atomic mass is 9.71. The monoisotopic (exact) mass is 508 g/mol. The normalized spacial score (nSPS) is 18.2. The van der Waals surface area contributed by atoms with Crippen molar-refractivity contribution in [1.82, 2.24) is 30.6 Å². The molecule has 0 spiro atoms. The molecule has 0 bridgehead atoms. The molecule has 5 rings (SSSR count). The average molecular weight is 509 g/mol. The summed E-state index contributed by atoms with van der Waals surface area (Å²) < 4.78 is 27.7. The number of amides is 1. The molecule has 1 amide bonds. The Hall–Kier alpha value is -3.89. The minimum Gasteiger partial charge on any atom is -0.335 e. The van der Waals surface area contributed by atoms with Crippen LogP contribution in [0, 0.1) is 23.0 Å². The fourth-order valence-electron chi connectivity index (χ4n) is 5.10. The first-order valence-corrected chi connectivity index (χ1v) is 12.4. The van der Waals surface area contributed by atoms with Gasteiger partial charge < -0.3 is 9.88 Å². The zero-order valence-electron chi connectivity index (χ0n) is 21.1. The van der Waals surface area contributed by atoms with Gasteiger partial charge in [-0.2, -0.15) is 5.21 Å². The first kappa shape index (κ1) is 24.8. The number of H-pyrrole nitrogens is 2. The maximum absolute atomic E-state index is 13.9. The van der Waals surface area contributed by atoms with Gasteiger partial charge >= 0.3 is 0 Å². The standard InChI is InChI=1S/C26H30F2N8O/c1-26(2,3)17-8-10-18(11-9-17)36(25-29-21-12-19(27)20(28)13-22(21)30-25)14-15-4-6-16(7-5-15)23(37)31-24-32-34-35-33-24/h4-7,12-13,17-18H,8-11,14H2,1-3H3,(H,29,30)(H2,31,32,33,34,35,37). The molecule has 2 aromatic heterocycles. The van der Waals surface area contributed by atoms with Gasteiger partial charge in [0.05, 0.1) is 11.0 Å². The number of fused-ring (bicyclic) bond motifs is 1. The van der Waals surface area contributed by atoms with E-state index in [1.807, 2.05) is 12.1 Å². The number of aromatic amines is 2. The van der Waals surface area contributed by atoms with Crippen LogP contribution in [0.5, 0.6) is 0 Å². The smallest absolute Gasteiger partial charge is 0.270 e.